The molecule has 176 valence electrons. The fraction of sp³-hybridized carbons (Fsp3) is 0.304. The van der Waals surface area contributed by atoms with E-state index < -0.39 is 40.8 Å². The Labute approximate surface area is 198 Å². The number of ether oxygens (including phenoxy) is 1. The van der Waals surface area contributed by atoms with Gasteiger partial charge in [0.05, 0.1) is 22.9 Å². The second kappa shape index (κ2) is 7.99. The van der Waals surface area contributed by atoms with Crippen LogP contribution in [0.15, 0.2) is 36.4 Å². The summed E-state index contributed by atoms with van der Waals surface area (Å²) < 4.78 is 46.1. The molecule has 2 heterocycles. The van der Waals surface area contributed by atoms with Crippen LogP contribution in [-0.2, 0) is 22.2 Å². The van der Waals surface area contributed by atoms with Gasteiger partial charge >= 0.3 is 6.18 Å². The van der Waals surface area contributed by atoms with Gasteiger partial charge in [0.2, 0.25) is 0 Å². The number of nitriles is 1. The van der Waals surface area contributed by atoms with Gasteiger partial charge in [0.15, 0.2) is 11.2 Å². The number of carbonyl (C=O) groups is 2. The number of hydrogen-bond donors (Lipinski definition) is 1. The van der Waals surface area contributed by atoms with Crippen LogP contribution < -0.4 is 20.3 Å². The van der Waals surface area contributed by atoms with Crippen molar-refractivity contribution in [2.75, 3.05) is 9.80 Å². The number of anilines is 2. The molecule has 2 aromatic rings. The standard InChI is InChI=1S/C23H19F3N4O3S/c1-22(2)20(32)29(14-5-3-13(11-27)16(10-14)23(24,25)26)21(34)30(22)15-6-8-17-12(9-15)4-7-18(33-17)19(28)31/h3,5-6,8-10,18H,4,7H2,1-2H3,(H2,28,31)/t18-/m0/s1. The highest BCUT2D eigenvalue weighted by molar-refractivity contribution is 7.81. The summed E-state index contributed by atoms with van der Waals surface area (Å²) in [6.45, 7) is 3.24. The molecule has 0 unspecified atom stereocenters. The second-order valence-corrected chi connectivity index (χ2v) is 8.86. The summed E-state index contributed by atoms with van der Waals surface area (Å²) >= 11 is 5.55. The topological polar surface area (TPSA) is 99.7 Å². The van der Waals surface area contributed by atoms with E-state index in [2.05, 4.69) is 0 Å². The number of amides is 2. The maximum atomic E-state index is 13.5. The molecule has 4 rings (SSSR count). The number of primary amides is 1. The molecule has 0 radical (unpaired) electrons. The lowest BCUT2D eigenvalue weighted by Gasteiger charge is -2.31. The van der Waals surface area contributed by atoms with Crippen molar-refractivity contribution in [3.63, 3.8) is 0 Å². The lowest BCUT2D eigenvalue weighted by Crippen LogP contribution is -2.44. The molecule has 0 bridgehead atoms. The minimum atomic E-state index is -4.78. The lowest BCUT2D eigenvalue weighted by molar-refractivity contribution is -0.137. The van der Waals surface area contributed by atoms with Crippen LogP contribution in [-0.4, -0.2) is 28.6 Å². The van der Waals surface area contributed by atoms with Crippen molar-refractivity contribution in [3.05, 3.63) is 53.1 Å². The Hall–Kier alpha value is -3.65. The van der Waals surface area contributed by atoms with E-state index in [1.54, 1.807) is 36.9 Å². The summed E-state index contributed by atoms with van der Waals surface area (Å²) in [7, 11) is 0. The fourth-order valence-corrected chi connectivity index (χ4v) is 4.70. The molecule has 0 aromatic heterocycles. The first-order valence-corrected chi connectivity index (χ1v) is 10.7. The van der Waals surface area contributed by atoms with E-state index >= 15 is 0 Å². The van der Waals surface area contributed by atoms with Crippen molar-refractivity contribution in [2.24, 2.45) is 5.73 Å². The van der Waals surface area contributed by atoms with Gasteiger partial charge in [-0.05, 0) is 80.9 Å². The van der Waals surface area contributed by atoms with E-state index in [-0.39, 0.29) is 10.8 Å². The van der Waals surface area contributed by atoms with Crippen LogP contribution in [0.25, 0.3) is 0 Å². The highest BCUT2D eigenvalue weighted by Crippen LogP contribution is 2.41. The van der Waals surface area contributed by atoms with Gasteiger partial charge in [-0.1, -0.05) is 0 Å². The Balaban J connectivity index is 1.73. The predicted molar refractivity (Wildman–Crippen MR) is 121 cm³/mol. The van der Waals surface area contributed by atoms with Gasteiger partial charge in [0, 0.05) is 5.69 Å². The van der Waals surface area contributed by atoms with Crippen LogP contribution >= 0.6 is 12.2 Å². The molecule has 1 saturated heterocycles. The van der Waals surface area contributed by atoms with Crippen LogP contribution in [0.2, 0.25) is 0 Å². The van der Waals surface area contributed by atoms with E-state index in [1.807, 2.05) is 0 Å². The van der Waals surface area contributed by atoms with Crippen molar-refractivity contribution in [1.29, 1.82) is 5.26 Å². The van der Waals surface area contributed by atoms with E-state index in [0.717, 1.165) is 22.6 Å². The zero-order chi connectivity index (χ0) is 25.0. The number of benzene rings is 2. The largest absolute Gasteiger partial charge is 0.480 e. The van der Waals surface area contributed by atoms with Gasteiger partial charge in [0.25, 0.3) is 11.8 Å². The molecule has 1 fully saturated rings. The van der Waals surface area contributed by atoms with Crippen molar-refractivity contribution >= 4 is 40.5 Å². The SMILES string of the molecule is CC1(C)C(=O)N(c2ccc(C#N)c(C(F)(F)F)c2)C(=S)N1c1ccc2c(c1)CC[C@@H](C(N)=O)O2. The van der Waals surface area contributed by atoms with E-state index in [1.165, 1.54) is 12.1 Å². The molecule has 2 N–H and O–H groups in total. The fourth-order valence-electron chi connectivity index (χ4n) is 4.17. The first-order valence-electron chi connectivity index (χ1n) is 10.2. The summed E-state index contributed by atoms with van der Waals surface area (Å²) in [5, 5.41) is 9.06. The Morgan fingerprint density at radius 3 is 2.53 bits per heavy atom. The number of aryl methyl sites for hydroxylation is 1. The number of hydrogen-bond acceptors (Lipinski definition) is 5. The summed E-state index contributed by atoms with van der Waals surface area (Å²) in [5.74, 6) is -0.580. The normalized spacial score (nSPS) is 19.5. The maximum Gasteiger partial charge on any atom is 0.417 e. The number of alkyl halides is 3. The summed E-state index contributed by atoms with van der Waals surface area (Å²) in [5.41, 5.74) is 3.69. The van der Waals surface area contributed by atoms with Crippen LogP contribution in [0.4, 0.5) is 24.5 Å². The van der Waals surface area contributed by atoms with Crippen LogP contribution in [0.5, 0.6) is 5.75 Å². The van der Waals surface area contributed by atoms with Gasteiger partial charge in [-0.2, -0.15) is 18.4 Å². The molecule has 0 saturated carbocycles. The van der Waals surface area contributed by atoms with Gasteiger partial charge in [-0.15, -0.1) is 0 Å². The maximum absolute atomic E-state index is 13.5. The molecule has 1 atom stereocenters. The van der Waals surface area contributed by atoms with E-state index in [4.69, 9.17) is 28.0 Å². The summed E-state index contributed by atoms with van der Waals surface area (Å²) in [6, 6.07) is 9.65. The lowest BCUT2D eigenvalue weighted by atomic mass is 9.99. The van der Waals surface area contributed by atoms with Crippen molar-refractivity contribution < 1.29 is 27.5 Å². The third kappa shape index (κ3) is 3.74. The smallest absolute Gasteiger partial charge is 0.417 e. The molecular formula is C23H19F3N4O3S. The Kier molecular flexibility index (Phi) is 5.52. The molecule has 34 heavy (non-hydrogen) atoms. The average Bonchev–Trinajstić information content (AvgIpc) is 2.95. The third-order valence-corrected chi connectivity index (χ3v) is 6.29. The summed E-state index contributed by atoms with van der Waals surface area (Å²) in [4.78, 5) is 27.4. The highest BCUT2D eigenvalue weighted by Gasteiger charge is 2.51. The minimum absolute atomic E-state index is 0.000442. The van der Waals surface area contributed by atoms with Gasteiger partial charge in [-0.3, -0.25) is 14.5 Å². The predicted octanol–water partition coefficient (Wildman–Crippen LogP) is 3.67. The quantitative estimate of drug-likeness (QED) is 0.662. The number of fused-ring (bicyclic) bond motifs is 1. The minimum Gasteiger partial charge on any atom is -0.480 e. The number of nitrogens with zero attached hydrogens (tertiary/aromatic N) is 3. The first-order chi connectivity index (χ1) is 15.9. The first kappa shape index (κ1) is 23.5. The van der Waals surface area contributed by atoms with Gasteiger partial charge < -0.3 is 15.4 Å². The Bertz CT molecular complexity index is 1270. The molecule has 7 nitrogen and oxygen atoms in total. The molecule has 2 aliphatic heterocycles. The van der Waals surface area contributed by atoms with Gasteiger partial charge in [0.1, 0.15) is 11.3 Å². The summed E-state index contributed by atoms with van der Waals surface area (Å²) in [6.07, 6.45) is -4.59. The molecule has 2 aromatic carbocycles. The molecule has 2 aliphatic rings. The van der Waals surface area contributed by atoms with Crippen LogP contribution in [0, 0.1) is 11.3 Å². The van der Waals surface area contributed by atoms with E-state index in [9.17, 15) is 22.8 Å². The number of nitrogens with two attached hydrogens (primary N) is 1. The Morgan fingerprint density at radius 2 is 1.91 bits per heavy atom. The zero-order valence-electron chi connectivity index (χ0n) is 18.1. The second-order valence-electron chi connectivity index (χ2n) is 8.50. The number of rotatable bonds is 3. The Morgan fingerprint density at radius 1 is 1.24 bits per heavy atom. The number of halogens is 3. The molecule has 0 spiro atoms. The van der Waals surface area contributed by atoms with Crippen LogP contribution in [0.3, 0.4) is 0 Å². The van der Waals surface area contributed by atoms with Gasteiger partial charge in [-0.25, -0.2) is 0 Å². The monoisotopic (exact) mass is 488 g/mol. The number of thiocarbonyl (C=S) groups is 1. The molecule has 2 amide bonds. The van der Waals surface area contributed by atoms with E-state index in [0.29, 0.717) is 24.3 Å². The molecule has 11 heteroatoms. The average molecular weight is 488 g/mol. The van der Waals surface area contributed by atoms with Crippen molar-refractivity contribution in [3.8, 4) is 11.8 Å². The molecular weight excluding hydrogens is 469 g/mol. The highest BCUT2D eigenvalue weighted by atomic mass is 32.1. The van der Waals surface area contributed by atoms with Crippen molar-refractivity contribution in [2.45, 2.75) is 44.5 Å². The zero-order valence-corrected chi connectivity index (χ0v) is 19.0. The molecule has 0 aliphatic carbocycles. The van der Waals surface area contributed by atoms with Crippen LogP contribution in [0.1, 0.15) is 37.0 Å². The third-order valence-electron chi connectivity index (χ3n) is 5.92. The number of carbonyl (C=O) groups excluding carboxylic acids is 2. The van der Waals surface area contributed by atoms with Crippen molar-refractivity contribution in [1.82, 2.24) is 0 Å².